The van der Waals surface area contributed by atoms with Crippen LogP contribution in [0.15, 0.2) is 60.8 Å². The number of aromatic nitrogens is 1. The topological polar surface area (TPSA) is 48.1 Å². The minimum Gasteiger partial charge on any atom is -0.361 e. The Balaban J connectivity index is 1.24. The summed E-state index contributed by atoms with van der Waals surface area (Å²) < 4.78 is 0. The number of aryl methyl sites for hydroxylation is 1. The third kappa shape index (κ3) is 4.82. The van der Waals surface area contributed by atoms with Crippen molar-refractivity contribution in [1.82, 2.24) is 15.2 Å². The van der Waals surface area contributed by atoms with Gasteiger partial charge in [-0.05, 0) is 56.0 Å². The standard InChI is InChI=1S/C24H29N3O/c28-24(16-20-17-25-23-13-5-4-12-22(20)23)26-21-11-7-15-27(18-21)14-6-10-19-8-2-1-3-9-19/h1-5,8-9,12-13,17,21,25H,6-7,10-11,14-16,18H2,(H,26,28). The van der Waals surface area contributed by atoms with Crippen LogP contribution in [0, 0.1) is 0 Å². The number of para-hydroxylation sites is 1. The molecule has 0 spiro atoms. The molecule has 0 radical (unpaired) electrons. The van der Waals surface area contributed by atoms with Gasteiger partial charge in [0.2, 0.25) is 5.91 Å². The van der Waals surface area contributed by atoms with Crippen LogP contribution in [0.25, 0.3) is 10.9 Å². The van der Waals surface area contributed by atoms with E-state index in [1.807, 2.05) is 24.4 Å². The zero-order valence-corrected chi connectivity index (χ0v) is 16.4. The van der Waals surface area contributed by atoms with E-state index in [1.165, 1.54) is 12.0 Å². The molecule has 1 atom stereocenters. The lowest BCUT2D eigenvalue weighted by Crippen LogP contribution is -2.48. The van der Waals surface area contributed by atoms with Crippen LogP contribution >= 0.6 is 0 Å². The molecule has 28 heavy (non-hydrogen) atoms. The Bertz CT molecular complexity index is 902. The molecule has 4 heteroatoms. The lowest BCUT2D eigenvalue weighted by molar-refractivity contribution is -0.121. The molecule has 1 aliphatic heterocycles. The highest BCUT2D eigenvalue weighted by atomic mass is 16.1. The summed E-state index contributed by atoms with van der Waals surface area (Å²) in [5, 5.41) is 4.41. The second kappa shape index (κ2) is 9.07. The fourth-order valence-corrected chi connectivity index (χ4v) is 4.26. The van der Waals surface area contributed by atoms with Crippen LogP contribution in [0.5, 0.6) is 0 Å². The van der Waals surface area contributed by atoms with Gasteiger partial charge in [-0.1, -0.05) is 48.5 Å². The van der Waals surface area contributed by atoms with Gasteiger partial charge in [-0.2, -0.15) is 0 Å². The zero-order chi connectivity index (χ0) is 19.2. The smallest absolute Gasteiger partial charge is 0.224 e. The van der Waals surface area contributed by atoms with Gasteiger partial charge in [0.25, 0.3) is 0 Å². The predicted octanol–water partition coefficient (Wildman–Crippen LogP) is 3.92. The Morgan fingerprint density at radius 2 is 1.93 bits per heavy atom. The number of rotatable bonds is 7. The summed E-state index contributed by atoms with van der Waals surface area (Å²) in [6.07, 6.45) is 6.92. The fourth-order valence-electron chi connectivity index (χ4n) is 4.26. The van der Waals surface area contributed by atoms with Crippen molar-refractivity contribution in [3.8, 4) is 0 Å². The van der Waals surface area contributed by atoms with E-state index in [1.54, 1.807) is 0 Å². The van der Waals surface area contributed by atoms with Crippen molar-refractivity contribution in [1.29, 1.82) is 0 Å². The minimum absolute atomic E-state index is 0.126. The molecule has 3 aromatic rings. The highest BCUT2D eigenvalue weighted by molar-refractivity contribution is 5.88. The molecular weight excluding hydrogens is 346 g/mol. The first kappa shape index (κ1) is 18.8. The summed E-state index contributed by atoms with van der Waals surface area (Å²) in [6, 6.07) is 19.1. The monoisotopic (exact) mass is 375 g/mol. The van der Waals surface area contributed by atoms with Gasteiger partial charge < -0.3 is 15.2 Å². The van der Waals surface area contributed by atoms with Gasteiger partial charge in [0.1, 0.15) is 0 Å². The Morgan fingerprint density at radius 3 is 2.82 bits per heavy atom. The number of amides is 1. The number of hydrogen-bond donors (Lipinski definition) is 2. The van der Waals surface area contributed by atoms with Crippen molar-refractivity contribution in [2.24, 2.45) is 0 Å². The summed E-state index contributed by atoms with van der Waals surface area (Å²) in [6.45, 7) is 3.21. The second-order valence-electron chi connectivity index (χ2n) is 7.83. The third-order valence-corrected chi connectivity index (χ3v) is 5.68. The Hall–Kier alpha value is -2.59. The van der Waals surface area contributed by atoms with Gasteiger partial charge in [-0.3, -0.25) is 4.79 Å². The number of nitrogens with one attached hydrogen (secondary N) is 2. The molecule has 1 unspecified atom stereocenters. The quantitative estimate of drug-likeness (QED) is 0.657. The van der Waals surface area contributed by atoms with E-state index < -0.39 is 0 Å². The maximum absolute atomic E-state index is 12.6. The highest BCUT2D eigenvalue weighted by Gasteiger charge is 2.21. The SMILES string of the molecule is O=C(Cc1c[nH]c2ccccc12)NC1CCCN(CCCc2ccccc2)C1. The molecule has 1 aromatic heterocycles. The number of H-pyrrole nitrogens is 1. The van der Waals surface area contributed by atoms with Crippen LogP contribution in [0.2, 0.25) is 0 Å². The van der Waals surface area contributed by atoms with Crippen molar-refractivity contribution >= 4 is 16.8 Å². The van der Waals surface area contributed by atoms with Crippen molar-refractivity contribution in [2.75, 3.05) is 19.6 Å². The number of nitrogens with zero attached hydrogens (tertiary/aromatic N) is 1. The molecule has 1 saturated heterocycles. The number of benzene rings is 2. The molecule has 4 nitrogen and oxygen atoms in total. The van der Waals surface area contributed by atoms with Crippen LogP contribution < -0.4 is 5.32 Å². The number of likely N-dealkylation sites (tertiary alicyclic amines) is 1. The number of hydrogen-bond acceptors (Lipinski definition) is 2. The van der Waals surface area contributed by atoms with Crippen LogP contribution in [0.1, 0.15) is 30.4 Å². The lowest BCUT2D eigenvalue weighted by atomic mass is 10.0. The molecule has 1 amide bonds. The molecule has 0 saturated carbocycles. The molecule has 2 heterocycles. The molecule has 2 N–H and O–H groups in total. The number of fused-ring (bicyclic) bond motifs is 1. The number of carbonyl (C=O) groups is 1. The molecular formula is C24H29N3O. The zero-order valence-electron chi connectivity index (χ0n) is 16.4. The summed E-state index contributed by atoms with van der Waals surface area (Å²) in [5.41, 5.74) is 3.57. The molecule has 0 aliphatic carbocycles. The van der Waals surface area contributed by atoms with Crippen LogP contribution in [-0.4, -0.2) is 41.5 Å². The maximum atomic E-state index is 12.6. The Morgan fingerprint density at radius 1 is 1.11 bits per heavy atom. The van der Waals surface area contributed by atoms with Crippen molar-refractivity contribution in [3.63, 3.8) is 0 Å². The fraction of sp³-hybridized carbons (Fsp3) is 0.375. The van der Waals surface area contributed by atoms with Crippen molar-refractivity contribution < 1.29 is 4.79 Å². The van der Waals surface area contributed by atoms with Gasteiger partial charge in [0.15, 0.2) is 0 Å². The molecule has 1 fully saturated rings. The highest BCUT2D eigenvalue weighted by Crippen LogP contribution is 2.18. The normalized spacial score (nSPS) is 17.6. The molecule has 0 bridgehead atoms. The largest absolute Gasteiger partial charge is 0.361 e. The van der Waals surface area contributed by atoms with Gasteiger partial charge >= 0.3 is 0 Å². The number of piperidine rings is 1. The van der Waals surface area contributed by atoms with Crippen LogP contribution in [-0.2, 0) is 17.6 Å². The molecule has 1 aliphatic rings. The summed E-state index contributed by atoms with van der Waals surface area (Å²) in [4.78, 5) is 18.3. The van der Waals surface area contributed by atoms with Crippen LogP contribution in [0.3, 0.4) is 0 Å². The average Bonchev–Trinajstić information content (AvgIpc) is 3.12. The summed E-state index contributed by atoms with van der Waals surface area (Å²) >= 11 is 0. The lowest BCUT2D eigenvalue weighted by Gasteiger charge is -2.33. The summed E-state index contributed by atoms with van der Waals surface area (Å²) in [5.74, 6) is 0.126. The van der Waals surface area contributed by atoms with Gasteiger partial charge in [-0.25, -0.2) is 0 Å². The van der Waals surface area contributed by atoms with E-state index in [4.69, 9.17) is 0 Å². The van der Waals surface area contributed by atoms with Gasteiger partial charge in [-0.15, -0.1) is 0 Å². The first-order chi connectivity index (χ1) is 13.8. The van der Waals surface area contributed by atoms with Crippen molar-refractivity contribution in [2.45, 2.75) is 38.1 Å². The van der Waals surface area contributed by atoms with E-state index in [2.05, 4.69) is 51.6 Å². The first-order valence-corrected chi connectivity index (χ1v) is 10.4. The number of aromatic amines is 1. The minimum atomic E-state index is 0.126. The third-order valence-electron chi connectivity index (χ3n) is 5.68. The van der Waals surface area contributed by atoms with E-state index in [9.17, 15) is 4.79 Å². The van der Waals surface area contributed by atoms with Gasteiger partial charge in [0.05, 0.1) is 6.42 Å². The van der Waals surface area contributed by atoms with Crippen molar-refractivity contribution in [3.05, 3.63) is 71.9 Å². The Labute approximate surface area is 166 Å². The first-order valence-electron chi connectivity index (χ1n) is 10.4. The van der Waals surface area contributed by atoms with Crippen LogP contribution in [0.4, 0.5) is 0 Å². The van der Waals surface area contributed by atoms with E-state index in [-0.39, 0.29) is 11.9 Å². The Kier molecular flexibility index (Phi) is 6.07. The van der Waals surface area contributed by atoms with Gasteiger partial charge in [0, 0.05) is 29.7 Å². The second-order valence-corrected chi connectivity index (χ2v) is 7.83. The van der Waals surface area contributed by atoms with E-state index in [0.717, 1.165) is 55.4 Å². The predicted molar refractivity (Wildman–Crippen MR) is 114 cm³/mol. The number of carbonyl (C=O) groups excluding carboxylic acids is 1. The molecule has 146 valence electrons. The van der Waals surface area contributed by atoms with E-state index in [0.29, 0.717) is 6.42 Å². The molecule has 4 rings (SSSR count). The average molecular weight is 376 g/mol. The maximum Gasteiger partial charge on any atom is 0.224 e. The molecule has 2 aromatic carbocycles. The van der Waals surface area contributed by atoms with E-state index >= 15 is 0 Å². The summed E-state index contributed by atoms with van der Waals surface area (Å²) in [7, 11) is 0.